The number of ether oxygens (including phenoxy) is 1. The number of nitrogens with two attached hydrogens (primary N) is 2. The van der Waals surface area contributed by atoms with Crippen LogP contribution in [0.1, 0.15) is 6.92 Å². The van der Waals surface area contributed by atoms with E-state index < -0.39 is 5.56 Å². The molecule has 3 rings (SSSR count). The summed E-state index contributed by atoms with van der Waals surface area (Å²) < 4.78 is 5.77. The third kappa shape index (κ3) is 3.32. The summed E-state index contributed by atoms with van der Waals surface area (Å²) in [5.74, 6) is 0.921. The maximum Gasteiger partial charge on any atom is 0.276 e. The van der Waals surface area contributed by atoms with Crippen LogP contribution in [0.25, 0.3) is 22.5 Å². The first kappa shape index (κ1) is 17.3. The van der Waals surface area contributed by atoms with Gasteiger partial charge in [-0.15, -0.1) is 0 Å². The van der Waals surface area contributed by atoms with Gasteiger partial charge in [0.25, 0.3) is 5.56 Å². The molecule has 134 valence electrons. The van der Waals surface area contributed by atoms with Crippen LogP contribution in [0.4, 0.5) is 17.2 Å². The van der Waals surface area contributed by atoms with E-state index in [9.17, 15) is 4.79 Å². The topological polar surface area (TPSA) is 119 Å². The lowest BCUT2D eigenvalue weighted by Gasteiger charge is -2.13. The summed E-state index contributed by atoms with van der Waals surface area (Å²) in [5.41, 5.74) is 14.4. The Kier molecular flexibility index (Phi) is 4.79. The molecular formula is C19H21N5O2. The summed E-state index contributed by atoms with van der Waals surface area (Å²) in [7, 11) is 1.88. The molecule has 26 heavy (non-hydrogen) atoms. The molecule has 7 heteroatoms. The molecule has 2 aromatic carbocycles. The lowest BCUT2D eigenvalue weighted by Crippen LogP contribution is -2.17. The number of aromatic nitrogens is 2. The number of benzene rings is 2. The van der Waals surface area contributed by atoms with Gasteiger partial charge in [0, 0.05) is 12.7 Å². The zero-order chi connectivity index (χ0) is 18.7. The van der Waals surface area contributed by atoms with E-state index in [0.29, 0.717) is 23.7 Å². The number of anilines is 3. The molecule has 0 aliphatic rings. The van der Waals surface area contributed by atoms with Crippen LogP contribution in [0.15, 0.2) is 47.3 Å². The van der Waals surface area contributed by atoms with E-state index in [0.717, 1.165) is 16.8 Å². The fraction of sp³-hybridized carbons (Fsp3) is 0.158. The molecule has 1 aromatic heterocycles. The first-order valence-corrected chi connectivity index (χ1v) is 8.24. The third-order valence-corrected chi connectivity index (χ3v) is 4.01. The van der Waals surface area contributed by atoms with Crippen LogP contribution in [0.5, 0.6) is 5.75 Å². The first-order valence-electron chi connectivity index (χ1n) is 8.24. The Hall–Kier alpha value is -3.48. The zero-order valence-corrected chi connectivity index (χ0v) is 14.7. The molecule has 0 aliphatic carbocycles. The van der Waals surface area contributed by atoms with Gasteiger partial charge in [0.1, 0.15) is 17.3 Å². The summed E-state index contributed by atoms with van der Waals surface area (Å²) in [6.45, 7) is 2.37. The van der Waals surface area contributed by atoms with E-state index in [1.165, 1.54) is 0 Å². The van der Waals surface area contributed by atoms with Crippen LogP contribution < -0.4 is 27.1 Å². The van der Waals surface area contributed by atoms with Crippen LogP contribution in [0.3, 0.4) is 0 Å². The number of nitrogens with zero attached hydrogens (tertiary/aromatic N) is 1. The van der Waals surface area contributed by atoms with Crippen LogP contribution in [0, 0.1) is 0 Å². The monoisotopic (exact) mass is 351 g/mol. The van der Waals surface area contributed by atoms with Gasteiger partial charge in [-0.25, -0.2) is 4.98 Å². The van der Waals surface area contributed by atoms with Crippen molar-refractivity contribution in [1.29, 1.82) is 0 Å². The minimum absolute atomic E-state index is 0.00278. The second kappa shape index (κ2) is 7.18. The third-order valence-electron chi connectivity index (χ3n) is 4.01. The van der Waals surface area contributed by atoms with Gasteiger partial charge >= 0.3 is 0 Å². The fourth-order valence-corrected chi connectivity index (χ4v) is 2.65. The van der Waals surface area contributed by atoms with Crippen molar-refractivity contribution in [3.05, 3.63) is 52.8 Å². The van der Waals surface area contributed by atoms with Gasteiger partial charge in [-0.3, -0.25) is 4.79 Å². The Balaban J connectivity index is 2.11. The van der Waals surface area contributed by atoms with E-state index in [2.05, 4.69) is 15.3 Å². The number of nitrogen functional groups attached to an aromatic ring is 2. The van der Waals surface area contributed by atoms with Crippen molar-refractivity contribution >= 4 is 17.2 Å². The molecule has 6 N–H and O–H groups in total. The molecule has 0 saturated heterocycles. The highest BCUT2D eigenvalue weighted by Crippen LogP contribution is 2.33. The standard InChI is InChI=1S/C19H21N5O2/c1-3-26-15-10-12(11-5-4-6-13(9-11)22-2)7-8-14(15)18-23-17(21)16(20)19(25)24-18/h4-10,22H,3,20H2,1-2H3,(H3,21,23,24,25). The molecule has 0 saturated carbocycles. The molecule has 3 aromatic rings. The van der Waals surface area contributed by atoms with Gasteiger partial charge in [-0.05, 0) is 42.3 Å². The Bertz CT molecular complexity index is 997. The average Bonchev–Trinajstić information content (AvgIpc) is 2.66. The number of aromatic amines is 1. The predicted molar refractivity (Wildman–Crippen MR) is 105 cm³/mol. The first-order chi connectivity index (χ1) is 12.5. The zero-order valence-electron chi connectivity index (χ0n) is 14.7. The van der Waals surface area contributed by atoms with Crippen molar-refractivity contribution in [3.8, 4) is 28.3 Å². The molecule has 0 spiro atoms. The lowest BCUT2D eigenvalue weighted by molar-refractivity contribution is 0.341. The minimum Gasteiger partial charge on any atom is -0.493 e. The largest absolute Gasteiger partial charge is 0.493 e. The highest BCUT2D eigenvalue weighted by atomic mass is 16.5. The number of hydrogen-bond donors (Lipinski definition) is 4. The molecule has 0 atom stereocenters. The maximum absolute atomic E-state index is 11.9. The number of hydrogen-bond acceptors (Lipinski definition) is 6. The van der Waals surface area contributed by atoms with Gasteiger partial charge in [0.05, 0.1) is 12.2 Å². The average molecular weight is 351 g/mol. The fourth-order valence-electron chi connectivity index (χ4n) is 2.65. The summed E-state index contributed by atoms with van der Waals surface area (Å²) >= 11 is 0. The van der Waals surface area contributed by atoms with Crippen molar-refractivity contribution in [1.82, 2.24) is 9.97 Å². The van der Waals surface area contributed by atoms with E-state index >= 15 is 0 Å². The second-order valence-electron chi connectivity index (χ2n) is 5.69. The van der Waals surface area contributed by atoms with Crippen LogP contribution in [0.2, 0.25) is 0 Å². The number of H-pyrrole nitrogens is 1. The Labute approximate surface area is 151 Å². The van der Waals surface area contributed by atoms with Crippen molar-refractivity contribution in [2.45, 2.75) is 6.92 Å². The Morgan fingerprint density at radius 2 is 1.92 bits per heavy atom. The highest BCUT2D eigenvalue weighted by Gasteiger charge is 2.13. The van der Waals surface area contributed by atoms with Crippen LogP contribution >= 0.6 is 0 Å². The second-order valence-corrected chi connectivity index (χ2v) is 5.69. The van der Waals surface area contributed by atoms with E-state index in [1.54, 1.807) is 0 Å². The van der Waals surface area contributed by atoms with Crippen LogP contribution in [-0.4, -0.2) is 23.6 Å². The molecule has 0 fully saturated rings. The molecular weight excluding hydrogens is 330 g/mol. The van der Waals surface area contributed by atoms with E-state index in [-0.39, 0.29) is 11.5 Å². The van der Waals surface area contributed by atoms with Gasteiger partial charge in [-0.1, -0.05) is 18.2 Å². The lowest BCUT2D eigenvalue weighted by atomic mass is 10.0. The van der Waals surface area contributed by atoms with Gasteiger partial charge < -0.3 is 26.5 Å². The SMILES string of the molecule is CCOc1cc(-c2cccc(NC)c2)ccc1-c1nc(N)c(N)c(=O)[nH]1. The molecule has 0 radical (unpaired) electrons. The summed E-state index contributed by atoms with van der Waals surface area (Å²) in [4.78, 5) is 18.7. The van der Waals surface area contributed by atoms with Crippen molar-refractivity contribution in [2.24, 2.45) is 0 Å². The van der Waals surface area contributed by atoms with Gasteiger partial charge in [0.15, 0.2) is 5.82 Å². The van der Waals surface area contributed by atoms with Crippen molar-refractivity contribution in [3.63, 3.8) is 0 Å². The normalized spacial score (nSPS) is 10.5. The van der Waals surface area contributed by atoms with E-state index in [4.69, 9.17) is 16.2 Å². The molecule has 0 aliphatic heterocycles. The molecule has 0 unspecified atom stereocenters. The number of nitrogens with one attached hydrogen (secondary N) is 2. The molecule has 0 bridgehead atoms. The molecule has 1 heterocycles. The highest BCUT2D eigenvalue weighted by molar-refractivity contribution is 5.76. The predicted octanol–water partition coefficient (Wildman–Crippen LogP) is 2.71. The summed E-state index contributed by atoms with van der Waals surface area (Å²) in [6.07, 6.45) is 0. The van der Waals surface area contributed by atoms with Crippen LogP contribution in [-0.2, 0) is 0 Å². The molecule has 7 nitrogen and oxygen atoms in total. The number of rotatable bonds is 5. The summed E-state index contributed by atoms with van der Waals surface area (Å²) in [5, 5.41) is 3.13. The van der Waals surface area contributed by atoms with Gasteiger partial charge in [-0.2, -0.15) is 0 Å². The van der Waals surface area contributed by atoms with E-state index in [1.807, 2.05) is 56.4 Å². The van der Waals surface area contributed by atoms with Gasteiger partial charge in [0.2, 0.25) is 0 Å². The Morgan fingerprint density at radius 3 is 2.62 bits per heavy atom. The smallest absolute Gasteiger partial charge is 0.276 e. The quantitative estimate of drug-likeness (QED) is 0.561. The molecule has 0 amide bonds. The Morgan fingerprint density at radius 1 is 1.15 bits per heavy atom. The maximum atomic E-state index is 11.9. The summed E-state index contributed by atoms with van der Waals surface area (Å²) in [6, 6.07) is 13.8. The van der Waals surface area contributed by atoms with Crippen molar-refractivity contribution in [2.75, 3.05) is 30.4 Å². The minimum atomic E-state index is -0.472. The van der Waals surface area contributed by atoms with Crippen molar-refractivity contribution < 1.29 is 4.74 Å².